The standard InChI is InChI=1S/C21H22N2O6/c1-14-3-7-16(8-4-14)22-18(24)11-12-20(26)29-13-19(25)23-17-9-5-15(6-10-17)21(27)28-2/h3-10H,11-13H2,1-2H3,(H,22,24)(H,23,25). The number of hydrogen-bond donors (Lipinski definition) is 2. The minimum Gasteiger partial charge on any atom is -0.465 e. The lowest BCUT2D eigenvalue weighted by atomic mass is 10.2. The molecule has 0 aliphatic heterocycles. The van der Waals surface area contributed by atoms with E-state index in [1.54, 1.807) is 12.1 Å². The molecule has 2 aromatic rings. The Bertz CT molecular complexity index is 875. The fraction of sp³-hybridized carbons (Fsp3) is 0.238. The van der Waals surface area contributed by atoms with E-state index in [1.165, 1.54) is 31.4 Å². The zero-order chi connectivity index (χ0) is 21.2. The highest BCUT2D eigenvalue weighted by Gasteiger charge is 2.11. The van der Waals surface area contributed by atoms with Crippen LogP contribution in [0.3, 0.4) is 0 Å². The summed E-state index contributed by atoms with van der Waals surface area (Å²) in [5.41, 5.74) is 2.51. The molecule has 0 bridgehead atoms. The largest absolute Gasteiger partial charge is 0.465 e. The van der Waals surface area contributed by atoms with Gasteiger partial charge in [-0.25, -0.2) is 4.79 Å². The first-order chi connectivity index (χ1) is 13.9. The number of methoxy groups -OCH3 is 1. The molecule has 2 rings (SSSR count). The van der Waals surface area contributed by atoms with Crippen LogP contribution in [-0.2, 0) is 23.9 Å². The van der Waals surface area contributed by atoms with Crippen molar-refractivity contribution in [1.29, 1.82) is 0 Å². The highest BCUT2D eigenvalue weighted by atomic mass is 16.5. The number of anilines is 2. The molecule has 8 nitrogen and oxygen atoms in total. The molecule has 8 heteroatoms. The Hall–Kier alpha value is -3.68. The van der Waals surface area contributed by atoms with Gasteiger partial charge >= 0.3 is 11.9 Å². The normalized spacial score (nSPS) is 10.0. The third-order valence-corrected chi connectivity index (χ3v) is 3.85. The maximum Gasteiger partial charge on any atom is 0.337 e. The van der Waals surface area contributed by atoms with Gasteiger partial charge in [0.25, 0.3) is 5.91 Å². The summed E-state index contributed by atoms with van der Waals surface area (Å²) in [6.45, 7) is 1.46. The maximum absolute atomic E-state index is 11.8. The number of aryl methyl sites for hydroxylation is 1. The third kappa shape index (κ3) is 7.45. The van der Waals surface area contributed by atoms with Crippen LogP contribution in [0.25, 0.3) is 0 Å². The van der Waals surface area contributed by atoms with Crippen LogP contribution in [0.1, 0.15) is 28.8 Å². The third-order valence-electron chi connectivity index (χ3n) is 3.85. The lowest BCUT2D eigenvalue weighted by Crippen LogP contribution is -2.21. The number of carbonyl (C=O) groups excluding carboxylic acids is 4. The van der Waals surface area contributed by atoms with E-state index in [2.05, 4.69) is 15.4 Å². The molecule has 0 aliphatic carbocycles. The van der Waals surface area contributed by atoms with Gasteiger partial charge in [0.15, 0.2) is 6.61 Å². The van der Waals surface area contributed by atoms with Gasteiger partial charge < -0.3 is 20.1 Å². The van der Waals surface area contributed by atoms with Crippen LogP contribution in [0.5, 0.6) is 0 Å². The second kappa shape index (κ2) is 10.6. The fourth-order valence-electron chi connectivity index (χ4n) is 2.30. The average molecular weight is 398 g/mol. The Morgan fingerprint density at radius 1 is 0.793 bits per heavy atom. The number of rotatable bonds is 8. The topological polar surface area (TPSA) is 111 Å². The first kappa shape index (κ1) is 21.6. The van der Waals surface area contributed by atoms with Gasteiger partial charge in [-0.1, -0.05) is 17.7 Å². The van der Waals surface area contributed by atoms with Gasteiger partial charge in [-0.2, -0.15) is 0 Å². The summed E-state index contributed by atoms with van der Waals surface area (Å²) < 4.78 is 9.45. The van der Waals surface area contributed by atoms with Gasteiger partial charge in [0.2, 0.25) is 5.91 Å². The van der Waals surface area contributed by atoms with Gasteiger partial charge in [0.05, 0.1) is 19.1 Å². The summed E-state index contributed by atoms with van der Waals surface area (Å²) in [7, 11) is 1.28. The summed E-state index contributed by atoms with van der Waals surface area (Å²) in [5, 5.41) is 5.22. The lowest BCUT2D eigenvalue weighted by Gasteiger charge is -2.08. The molecule has 2 aromatic carbocycles. The summed E-state index contributed by atoms with van der Waals surface area (Å²) in [4.78, 5) is 46.8. The van der Waals surface area contributed by atoms with Crippen molar-refractivity contribution in [3.63, 3.8) is 0 Å². The molecule has 0 aliphatic rings. The van der Waals surface area contributed by atoms with Gasteiger partial charge in [0, 0.05) is 17.8 Å². The predicted molar refractivity (Wildman–Crippen MR) is 106 cm³/mol. The summed E-state index contributed by atoms with van der Waals surface area (Å²) in [6, 6.07) is 13.3. The Labute approximate surface area is 168 Å². The van der Waals surface area contributed by atoms with Crippen LogP contribution in [0.15, 0.2) is 48.5 Å². The average Bonchev–Trinajstić information content (AvgIpc) is 2.72. The molecule has 2 N–H and O–H groups in total. The zero-order valence-electron chi connectivity index (χ0n) is 16.2. The maximum atomic E-state index is 11.8. The molecule has 0 radical (unpaired) electrons. The van der Waals surface area contributed by atoms with Crippen LogP contribution < -0.4 is 10.6 Å². The quantitative estimate of drug-likeness (QED) is 0.662. The van der Waals surface area contributed by atoms with E-state index in [4.69, 9.17) is 4.74 Å². The smallest absolute Gasteiger partial charge is 0.337 e. The van der Waals surface area contributed by atoms with Gasteiger partial charge in [0.1, 0.15) is 0 Å². The molecule has 0 aromatic heterocycles. The molecular weight excluding hydrogens is 376 g/mol. The van der Waals surface area contributed by atoms with E-state index >= 15 is 0 Å². The molecule has 0 atom stereocenters. The first-order valence-corrected chi connectivity index (χ1v) is 8.88. The van der Waals surface area contributed by atoms with Gasteiger partial charge in [-0.15, -0.1) is 0 Å². The first-order valence-electron chi connectivity index (χ1n) is 8.88. The minimum atomic E-state index is -0.653. The summed E-state index contributed by atoms with van der Waals surface area (Å²) in [5.74, 6) is -1.99. The van der Waals surface area contributed by atoms with Gasteiger partial charge in [-0.05, 0) is 43.3 Å². The van der Waals surface area contributed by atoms with E-state index in [0.717, 1.165) is 5.56 Å². The Morgan fingerprint density at radius 3 is 1.93 bits per heavy atom. The number of esters is 2. The number of nitrogens with one attached hydrogen (secondary N) is 2. The van der Waals surface area contributed by atoms with E-state index in [9.17, 15) is 19.2 Å². The SMILES string of the molecule is COC(=O)c1ccc(NC(=O)COC(=O)CCC(=O)Nc2ccc(C)cc2)cc1. The van der Waals surface area contributed by atoms with Crippen molar-refractivity contribution in [2.45, 2.75) is 19.8 Å². The number of amides is 2. The van der Waals surface area contributed by atoms with E-state index in [-0.39, 0.29) is 18.7 Å². The number of carbonyl (C=O) groups is 4. The van der Waals surface area contributed by atoms with Crippen LogP contribution >= 0.6 is 0 Å². The number of hydrogen-bond acceptors (Lipinski definition) is 6. The Kier molecular flexibility index (Phi) is 7.90. The number of benzene rings is 2. The van der Waals surface area contributed by atoms with Crippen molar-refractivity contribution in [1.82, 2.24) is 0 Å². The van der Waals surface area contributed by atoms with Crippen LogP contribution in [0.2, 0.25) is 0 Å². The molecule has 0 spiro atoms. The second-order valence-corrected chi connectivity index (χ2v) is 6.19. The molecule has 0 heterocycles. The molecule has 0 unspecified atom stereocenters. The fourth-order valence-corrected chi connectivity index (χ4v) is 2.30. The summed E-state index contributed by atoms with van der Waals surface area (Å²) >= 11 is 0. The van der Waals surface area contributed by atoms with Crippen molar-refractivity contribution in [2.75, 3.05) is 24.4 Å². The van der Waals surface area contributed by atoms with Crippen molar-refractivity contribution >= 4 is 35.1 Å². The predicted octanol–water partition coefficient (Wildman–Crippen LogP) is 2.68. The molecule has 0 saturated carbocycles. The molecule has 0 fully saturated rings. The molecule has 152 valence electrons. The van der Waals surface area contributed by atoms with Crippen LogP contribution in [-0.4, -0.2) is 37.5 Å². The van der Waals surface area contributed by atoms with Crippen molar-refractivity contribution in [3.05, 3.63) is 59.7 Å². The van der Waals surface area contributed by atoms with Crippen molar-refractivity contribution in [2.24, 2.45) is 0 Å². The van der Waals surface area contributed by atoms with Crippen LogP contribution in [0, 0.1) is 6.92 Å². The van der Waals surface area contributed by atoms with E-state index in [0.29, 0.717) is 16.9 Å². The highest BCUT2D eigenvalue weighted by molar-refractivity contribution is 5.95. The Balaban J connectivity index is 1.68. The molecule has 0 saturated heterocycles. The zero-order valence-corrected chi connectivity index (χ0v) is 16.2. The monoisotopic (exact) mass is 398 g/mol. The summed E-state index contributed by atoms with van der Waals surface area (Å²) in [6.07, 6.45) is -0.192. The molecule has 2 amide bonds. The molecular formula is C21H22N2O6. The Morgan fingerprint density at radius 2 is 1.34 bits per heavy atom. The van der Waals surface area contributed by atoms with Crippen LogP contribution in [0.4, 0.5) is 11.4 Å². The minimum absolute atomic E-state index is 0.0523. The van der Waals surface area contributed by atoms with Gasteiger partial charge in [-0.3, -0.25) is 14.4 Å². The van der Waals surface area contributed by atoms with Crippen molar-refractivity contribution < 1.29 is 28.7 Å². The molecule has 29 heavy (non-hydrogen) atoms. The highest BCUT2D eigenvalue weighted by Crippen LogP contribution is 2.11. The van der Waals surface area contributed by atoms with E-state index in [1.807, 2.05) is 19.1 Å². The van der Waals surface area contributed by atoms with E-state index < -0.39 is 24.5 Å². The lowest BCUT2D eigenvalue weighted by molar-refractivity contribution is -0.147. The van der Waals surface area contributed by atoms with Crippen molar-refractivity contribution in [3.8, 4) is 0 Å². The number of ether oxygens (including phenoxy) is 2. The second-order valence-electron chi connectivity index (χ2n) is 6.19.